The van der Waals surface area contributed by atoms with E-state index >= 15 is 0 Å². The average Bonchev–Trinajstić information content (AvgIpc) is 2.89. The molecular formula is C30H52N2O4. The highest BCUT2D eigenvalue weighted by Crippen LogP contribution is 2.13. The first-order valence-electron chi connectivity index (χ1n) is 14.3. The van der Waals surface area contributed by atoms with Crippen molar-refractivity contribution in [1.82, 2.24) is 9.80 Å². The van der Waals surface area contributed by atoms with Crippen molar-refractivity contribution in [3.63, 3.8) is 0 Å². The fourth-order valence-electron chi connectivity index (χ4n) is 4.14. The Morgan fingerprint density at radius 1 is 0.583 bits per heavy atom. The van der Waals surface area contributed by atoms with Crippen molar-refractivity contribution in [3.8, 4) is 0 Å². The molecule has 0 amide bonds. The molecule has 0 saturated heterocycles. The van der Waals surface area contributed by atoms with Crippen LogP contribution < -0.4 is 0 Å². The lowest BCUT2D eigenvalue weighted by Crippen LogP contribution is -2.27. The Morgan fingerprint density at radius 2 is 0.917 bits per heavy atom. The zero-order valence-electron chi connectivity index (χ0n) is 23.6. The lowest BCUT2D eigenvalue weighted by Gasteiger charge is -2.18. The van der Waals surface area contributed by atoms with E-state index in [9.17, 15) is 9.59 Å². The smallest absolute Gasteiger partial charge is 0.340 e. The summed E-state index contributed by atoms with van der Waals surface area (Å²) in [6.45, 7) is 6.65. The van der Waals surface area contributed by atoms with Crippen LogP contribution in [0.15, 0.2) is 24.3 Å². The number of carbonyl (C=O) groups is 2. The highest BCUT2D eigenvalue weighted by molar-refractivity contribution is 6.03. The molecule has 0 atom stereocenters. The van der Waals surface area contributed by atoms with Gasteiger partial charge in [0, 0.05) is 13.1 Å². The van der Waals surface area contributed by atoms with Crippen molar-refractivity contribution >= 4 is 11.9 Å². The quantitative estimate of drug-likeness (QED) is 0.0939. The molecule has 6 heteroatoms. The molecule has 0 unspecified atom stereocenters. The van der Waals surface area contributed by atoms with Crippen LogP contribution in [0, 0.1) is 0 Å². The van der Waals surface area contributed by atoms with Crippen LogP contribution in [0.25, 0.3) is 0 Å². The molecule has 0 heterocycles. The molecule has 0 spiro atoms. The first kappa shape index (κ1) is 32.1. The molecular weight excluding hydrogens is 452 g/mol. The minimum atomic E-state index is -0.495. The highest BCUT2D eigenvalue weighted by Gasteiger charge is 2.19. The predicted molar refractivity (Wildman–Crippen MR) is 148 cm³/mol. The van der Waals surface area contributed by atoms with E-state index in [1.165, 1.54) is 77.0 Å². The Hall–Kier alpha value is -1.92. The van der Waals surface area contributed by atoms with Crippen LogP contribution >= 0.6 is 0 Å². The van der Waals surface area contributed by atoms with Gasteiger partial charge in [0.15, 0.2) is 0 Å². The second-order valence-electron chi connectivity index (χ2n) is 10.1. The normalized spacial score (nSPS) is 11.3. The minimum absolute atomic E-state index is 0.208. The van der Waals surface area contributed by atoms with Crippen LogP contribution in [0.1, 0.15) is 124 Å². The molecule has 1 aromatic rings. The van der Waals surface area contributed by atoms with Crippen molar-refractivity contribution in [2.24, 2.45) is 0 Å². The zero-order chi connectivity index (χ0) is 26.4. The summed E-state index contributed by atoms with van der Waals surface area (Å²) in [5.41, 5.74) is 0.503. The summed E-state index contributed by atoms with van der Waals surface area (Å²) in [6, 6.07) is 6.72. The average molecular weight is 505 g/mol. The number of rotatable bonds is 22. The second-order valence-corrected chi connectivity index (χ2v) is 10.1. The molecule has 36 heavy (non-hydrogen) atoms. The van der Waals surface area contributed by atoms with Crippen LogP contribution in [-0.2, 0) is 9.47 Å². The van der Waals surface area contributed by atoms with Gasteiger partial charge in [-0.2, -0.15) is 0 Å². The Morgan fingerprint density at radius 3 is 1.28 bits per heavy atom. The third-order valence-corrected chi connectivity index (χ3v) is 6.49. The fraction of sp³-hybridized carbons (Fsp3) is 0.733. The number of unbranched alkanes of at least 4 members (excludes halogenated alkanes) is 12. The summed E-state index contributed by atoms with van der Waals surface area (Å²) in [5, 5.41) is 0. The van der Waals surface area contributed by atoms with E-state index in [0.29, 0.717) is 0 Å². The zero-order valence-corrected chi connectivity index (χ0v) is 23.6. The van der Waals surface area contributed by atoms with Gasteiger partial charge in [0.25, 0.3) is 0 Å². The molecule has 0 fully saturated rings. The highest BCUT2D eigenvalue weighted by atomic mass is 16.6. The van der Waals surface area contributed by atoms with Gasteiger partial charge in [0.05, 0.1) is 11.1 Å². The number of carbonyl (C=O) groups excluding carboxylic acids is 2. The number of nitrogens with zero attached hydrogens (tertiary/aromatic N) is 2. The minimum Gasteiger partial charge on any atom is -0.446 e. The summed E-state index contributed by atoms with van der Waals surface area (Å²) in [5.74, 6) is -0.990. The lowest BCUT2D eigenvalue weighted by molar-refractivity contribution is 0.0226. The van der Waals surface area contributed by atoms with Gasteiger partial charge in [-0.05, 0) is 39.1 Å². The van der Waals surface area contributed by atoms with E-state index < -0.39 is 11.9 Å². The van der Waals surface area contributed by atoms with Gasteiger partial charge < -0.3 is 9.47 Å². The van der Waals surface area contributed by atoms with E-state index in [0.717, 1.165) is 25.9 Å². The maximum Gasteiger partial charge on any atom is 0.340 e. The second kappa shape index (κ2) is 21.2. The lowest BCUT2D eigenvalue weighted by atomic mass is 10.1. The number of hydrogen-bond donors (Lipinski definition) is 0. The van der Waals surface area contributed by atoms with Gasteiger partial charge in [-0.3, -0.25) is 9.80 Å². The Balaban J connectivity index is 2.34. The molecule has 0 aliphatic carbocycles. The summed E-state index contributed by atoms with van der Waals surface area (Å²) < 4.78 is 11.0. The summed E-state index contributed by atoms with van der Waals surface area (Å²) in [4.78, 5) is 29.4. The monoisotopic (exact) mass is 504 g/mol. The molecule has 0 saturated carbocycles. The largest absolute Gasteiger partial charge is 0.446 e. The Bertz CT molecular complexity index is 651. The topological polar surface area (TPSA) is 59.1 Å². The van der Waals surface area contributed by atoms with E-state index in [1.54, 1.807) is 24.3 Å². The standard InChI is InChI=1S/C30H52N2O4/c1-5-7-9-11-13-15-19-23-31(3)25-35-29(33)27-21-17-18-22-28(27)30(34)36-26-32(4)24-20-16-14-12-10-8-6-2/h17-18,21-22H,5-16,19-20,23-26H2,1-4H3. The summed E-state index contributed by atoms with van der Waals surface area (Å²) in [6.07, 6.45) is 17.5. The molecule has 0 aliphatic rings. The number of esters is 2. The third kappa shape index (κ3) is 15.2. The first-order valence-corrected chi connectivity index (χ1v) is 14.3. The van der Waals surface area contributed by atoms with E-state index in [2.05, 4.69) is 13.8 Å². The summed E-state index contributed by atoms with van der Waals surface area (Å²) in [7, 11) is 3.90. The molecule has 6 nitrogen and oxygen atoms in total. The molecule has 0 aromatic heterocycles. The van der Waals surface area contributed by atoms with Crippen molar-refractivity contribution in [3.05, 3.63) is 35.4 Å². The van der Waals surface area contributed by atoms with Crippen LogP contribution in [-0.4, -0.2) is 62.4 Å². The molecule has 1 rings (SSSR count). The maximum absolute atomic E-state index is 12.7. The molecule has 1 aromatic carbocycles. The van der Waals surface area contributed by atoms with Crippen molar-refractivity contribution < 1.29 is 19.1 Å². The Kier molecular flexibility index (Phi) is 18.9. The van der Waals surface area contributed by atoms with Gasteiger partial charge in [-0.25, -0.2) is 9.59 Å². The third-order valence-electron chi connectivity index (χ3n) is 6.49. The van der Waals surface area contributed by atoms with Crippen LogP contribution in [0.3, 0.4) is 0 Å². The molecule has 0 N–H and O–H groups in total. The number of benzene rings is 1. The molecule has 0 radical (unpaired) electrons. The van der Waals surface area contributed by atoms with Crippen LogP contribution in [0.4, 0.5) is 0 Å². The molecule has 0 aliphatic heterocycles. The van der Waals surface area contributed by atoms with Gasteiger partial charge in [-0.1, -0.05) is 103 Å². The van der Waals surface area contributed by atoms with Crippen molar-refractivity contribution in [1.29, 1.82) is 0 Å². The number of hydrogen-bond acceptors (Lipinski definition) is 6. The van der Waals surface area contributed by atoms with Crippen LogP contribution in [0.5, 0.6) is 0 Å². The van der Waals surface area contributed by atoms with Gasteiger partial charge in [0.2, 0.25) is 0 Å². The summed E-state index contributed by atoms with van der Waals surface area (Å²) >= 11 is 0. The number of ether oxygens (including phenoxy) is 2. The van der Waals surface area contributed by atoms with Crippen LogP contribution in [0.2, 0.25) is 0 Å². The van der Waals surface area contributed by atoms with E-state index in [1.807, 2.05) is 23.9 Å². The first-order chi connectivity index (χ1) is 17.5. The van der Waals surface area contributed by atoms with Gasteiger partial charge in [0.1, 0.15) is 13.5 Å². The van der Waals surface area contributed by atoms with Crippen molar-refractivity contribution in [2.75, 3.05) is 40.6 Å². The Labute approximate surface area is 220 Å². The van der Waals surface area contributed by atoms with E-state index in [-0.39, 0.29) is 24.6 Å². The van der Waals surface area contributed by atoms with Gasteiger partial charge >= 0.3 is 11.9 Å². The predicted octanol–water partition coefficient (Wildman–Crippen LogP) is 7.28. The van der Waals surface area contributed by atoms with Crippen molar-refractivity contribution in [2.45, 2.75) is 104 Å². The molecule has 206 valence electrons. The SMILES string of the molecule is CCCCCCCCCN(C)COC(=O)c1ccccc1C(=O)OCN(C)CCCCCCCCC. The molecule has 0 bridgehead atoms. The maximum atomic E-state index is 12.7. The fourth-order valence-corrected chi connectivity index (χ4v) is 4.14. The van der Waals surface area contributed by atoms with E-state index in [4.69, 9.17) is 9.47 Å². The van der Waals surface area contributed by atoms with Gasteiger partial charge in [-0.15, -0.1) is 0 Å².